The van der Waals surface area contributed by atoms with Crippen molar-refractivity contribution >= 4 is 6.09 Å². The van der Waals surface area contributed by atoms with E-state index in [-0.39, 0.29) is 12.1 Å². The number of hydrogen-bond acceptors (Lipinski definition) is 3. The molecule has 1 aromatic carbocycles. The lowest BCUT2D eigenvalue weighted by Gasteiger charge is -2.31. The van der Waals surface area contributed by atoms with Gasteiger partial charge < -0.3 is 15.0 Å². The molecule has 0 saturated carbocycles. The first-order chi connectivity index (χ1) is 9.94. The summed E-state index contributed by atoms with van der Waals surface area (Å²) >= 11 is 0. The molecule has 1 N–H and O–H groups in total. The summed E-state index contributed by atoms with van der Waals surface area (Å²) < 4.78 is 5.41. The minimum Gasteiger partial charge on any atom is -0.444 e. The monoisotopic (exact) mass is 288 g/mol. The Morgan fingerprint density at radius 2 is 2.05 bits per heavy atom. The van der Waals surface area contributed by atoms with Crippen LogP contribution in [0.2, 0.25) is 0 Å². The Kier molecular flexibility index (Phi) is 5.02. The van der Waals surface area contributed by atoms with E-state index in [0.29, 0.717) is 13.1 Å². The molecule has 114 valence electrons. The first kappa shape index (κ1) is 15.6. The van der Waals surface area contributed by atoms with Gasteiger partial charge in [0.05, 0.1) is 0 Å². The highest BCUT2D eigenvalue weighted by atomic mass is 16.6. The topological polar surface area (TPSA) is 41.6 Å². The van der Waals surface area contributed by atoms with Crippen molar-refractivity contribution in [3.05, 3.63) is 48.0 Å². The number of benzene rings is 1. The second-order valence-electron chi connectivity index (χ2n) is 6.29. The highest BCUT2D eigenvalue weighted by molar-refractivity contribution is 5.68. The van der Waals surface area contributed by atoms with Gasteiger partial charge in [-0.2, -0.15) is 0 Å². The minimum atomic E-state index is -0.453. The highest BCUT2D eigenvalue weighted by Crippen LogP contribution is 2.12. The first-order valence-corrected chi connectivity index (χ1v) is 7.36. The Hall–Kier alpha value is -1.81. The zero-order valence-electron chi connectivity index (χ0n) is 13.0. The Labute approximate surface area is 126 Å². The lowest BCUT2D eigenvalue weighted by atomic mass is 10.1. The molecule has 1 heterocycles. The summed E-state index contributed by atoms with van der Waals surface area (Å²) in [4.78, 5) is 13.8. The van der Waals surface area contributed by atoms with E-state index in [0.717, 1.165) is 6.54 Å². The Balaban J connectivity index is 1.85. The molecular weight excluding hydrogens is 264 g/mol. The molecule has 0 unspecified atom stereocenters. The average Bonchev–Trinajstić information content (AvgIpc) is 2.45. The van der Waals surface area contributed by atoms with Crippen molar-refractivity contribution in [1.29, 1.82) is 0 Å². The van der Waals surface area contributed by atoms with Crippen molar-refractivity contribution in [3.63, 3.8) is 0 Å². The van der Waals surface area contributed by atoms with Gasteiger partial charge in [0.15, 0.2) is 0 Å². The molecule has 2 rings (SSSR count). The second-order valence-corrected chi connectivity index (χ2v) is 6.29. The van der Waals surface area contributed by atoms with Gasteiger partial charge in [-0.05, 0) is 26.3 Å². The number of rotatable bonds is 3. The molecule has 0 aliphatic carbocycles. The quantitative estimate of drug-likeness (QED) is 0.869. The van der Waals surface area contributed by atoms with Crippen molar-refractivity contribution in [3.8, 4) is 0 Å². The maximum absolute atomic E-state index is 12.1. The van der Waals surface area contributed by atoms with Crippen LogP contribution in [-0.4, -0.2) is 35.7 Å². The van der Waals surface area contributed by atoms with E-state index in [9.17, 15) is 4.79 Å². The van der Waals surface area contributed by atoms with Crippen molar-refractivity contribution in [2.75, 3.05) is 13.1 Å². The SMILES string of the molecule is CC(C)(C)OC(=O)N1CC=C[C@H](NCc2ccccc2)C1. The average molecular weight is 288 g/mol. The van der Waals surface area contributed by atoms with E-state index in [1.54, 1.807) is 4.90 Å². The summed E-state index contributed by atoms with van der Waals surface area (Å²) in [6.07, 6.45) is 3.87. The summed E-state index contributed by atoms with van der Waals surface area (Å²) in [5, 5.41) is 3.45. The minimum absolute atomic E-state index is 0.159. The number of carbonyl (C=O) groups excluding carboxylic acids is 1. The maximum atomic E-state index is 12.1. The van der Waals surface area contributed by atoms with Crippen LogP contribution in [-0.2, 0) is 11.3 Å². The van der Waals surface area contributed by atoms with E-state index in [4.69, 9.17) is 4.74 Å². The molecule has 0 fully saturated rings. The lowest BCUT2D eigenvalue weighted by Crippen LogP contribution is -2.47. The maximum Gasteiger partial charge on any atom is 0.410 e. The molecule has 1 atom stereocenters. The van der Waals surface area contributed by atoms with Crippen LogP contribution in [0.4, 0.5) is 4.79 Å². The van der Waals surface area contributed by atoms with Crippen molar-refractivity contribution in [1.82, 2.24) is 10.2 Å². The number of ether oxygens (including phenoxy) is 1. The number of nitrogens with one attached hydrogen (secondary N) is 1. The van der Waals surface area contributed by atoms with Crippen LogP contribution in [0.1, 0.15) is 26.3 Å². The highest BCUT2D eigenvalue weighted by Gasteiger charge is 2.24. The molecular formula is C17H24N2O2. The summed E-state index contributed by atoms with van der Waals surface area (Å²) in [6.45, 7) is 7.69. The van der Waals surface area contributed by atoms with Gasteiger partial charge in [-0.15, -0.1) is 0 Å². The van der Waals surface area contributed by atoms with Crippen LogP contribution in [0.5, 0.6) is 0 Å². The normalized spacial score (nSPS) is 18.6. The largest absolute Gasteiger partial charge is 0.444 e. The number of amides is 1. The zero-order chi connectivity index (χ0) is 15.3. The summed E-state index contributed by atoms with van der Waals surface area (Å²) in [5.41, 5.74) is 0.783. The Morgan fingerprint density at radius 3 is 2.71 bits per heavy atom. The van der Waals surface area contributed by atoms with Gasteiger partial charge >= 0.3 is 6.09 Å². The lowest BCUT2D eigenvalue weighted by molar-refractivity contribution is 0.0254. The molecule has 0 bridgehead atoms. The van der Waals surface area contributed by atoms with Crippen molar-refractivity contribution < 1.29 is 9.53 Å². The van der Waals surface area contributed by atoms with Crippen molar-refractivity contribution in [2.45, 2.75) is 39.0 Å². The molecule has 1 aliphatic rings. The second kappa shape index (κ2) is 6.76. The standard InChI is InChI=1S/C17H24N2O2/c1-17(2,3)21-16(20)19-11-7-10-15(13-19)18-12-14-8-5-4-6-9-14/h4-10,15,18H,11-13H2,1-3H3/t15-/m0/s1. The molecule has 4 heteroatoms. The molecule has 1 aromatic rings. The third-order valence-corrected chi connectivity index (χ3v) is 3.17. The third-order valence-electron chi connectivity index (χ3n) is 3.17. The van der Waals surface area contributed by atoms with Crippen LogP contribution in [0.3, 0.4) is 0 Å². The molecule has 1 aliphatic heterocycles. The fourth-order valence-electron chi connectivity index (χ4n) is 2.18. The predicted molar refractivity (Wildman–Crippen MR) is 84.0 cm³/mol. The Morgan fingerprint density at radius 1 is 1.33 bits per heavy atom. The number of carbonyl (C=O) groups is 1. The molecule has 21 heavy (non-hydrogen) atoms. The zero-order valence-corrected chi connectivity index (χ0v) is 13.0. The van der Waals surface area contributed by atoms with E-state index < -0.39 is 5.60 Å². The van der Waals surface area contributed by atoms with Gasteiger partial charge in [0.2, 0.25) is 0 Å². The molecule has 0 aromatic heterocycles. The van der Waals surface area contributed by atoms with Crippen LogP contribution in [0, 0.1) is 0 Å². The molecule has 1 amide bonds. The first-order valence-electron chi connectivity index (χ1n) is 7.36. The predicted octanol–water partition coefficient (Wildman–Crippen LogP) is 2.95. The summed E-state index contributed by atoms with van der Waals surface area (Å²) in [7, 11) is 0. The van der Waals surface area contributed by atoms with Crippen molar-refractivity contribution in [2.24, 2.45) is 0 Å². The van der Waals surface area contributed by atoms with E-state index in [1.165, 1.54) is 5.56 Å². The fourth-order valence-corrected chi connectivity index (χ4v) is 2.18. The van der Waals surface area contributed by atoms with E-state index in [2.05, 4.69) is 23.5 Å². The molecule has 4 nitrogen and oxygen atoms in total. The van der Waals surface area contributed by atoms with Gasteiger partial charge in [0.1, 0.15) is 5.60 Å². The number of nitrogens with zero attached hydrogens (tertiary/aromatic N) is 1. The van der Waals surface area contributed by atoms with Gasteiger partial charge in [0.25, 0.3) is 0 Å². The van der Waals surface area contributed by atoms with Gasteiger partial charge in [-0.1, -0.05) is 42.5 Å². The smallest absolute Gasteiger partial charge is 0.410 e. The Bertz CT molecular complexity index is 491. The van der Waals surface area contributed by atoms with Gasteiger partial charge in [-0.3, -0.25) is 0 Å². The summed E-state index contributed by atoms with van der Waals surface area (Å²) in [6, 6.07) is 10.4. The number of hydrogen-bond donors (Lipinski definition) is 1. The molecule has 0 spiro atoms. The molecule has 0 radical (unpaired) electrons. The van der Waals surface area contributed by atoms with Crippen LogP contribution >= 0.6 is 0 Å². The third kappa shape index (κ3) is 5.23. The van der Waals surface area contributed by atoms with Gasteiger partial charge in [0, 0.05) is 25.7 Å². The van der Waals surface area contributed by atoms with Crippen LogP contribution in [0.25, 0.3) is 0 Å². The van der Waals surface area contributed by atoms with Gasteiger partial charge in [-0.25, -0.2) is 4.79 Å². The summed E-state index contributed by atoms with van der Waals surface area (Å²) in [5.74, 6) is 0. The van der Waals surface area contributed by atoms with Crippen LogP contribution in [0.15, 0.2) is 42.5 Å². The van der Waals surface area contributed by atoms with E-state index in [1.807, 2.05) is 45.0 Å². The fraction of sp³-hybridized carbons (Fsp3) is 0.471. The van der Waals surface area contributed by atoms with Crippen LogP contribution < -0.4 is 5.32 Å². The van der Waals surface area contributed by atoms with E-state index >= 15 is 0 Å². The molecule has 0 saturated heterocycles.